The number of carbonyl (C=O) groups is 2. The first kappa shape index (κ1) is 26.7. The molecule has 38 heavy (non-hydrogen) atoms. The molecule has 1 aromatic heterocycles. The zero-order valence-electron chi connectivity index (χ0n) is 20.6. The van der Waals surface area contributed by atoms with E-state index in [4.69, 9.17) is 9.47 Å². The van der Waals surface area contributed by atoms with E-state index >= 15 is 0 Å². The zero-order valence-corrected chi connectivity index (χ0v) is 20.6. The van der Waals surface area contributed by atoms with Gasteiger partial charge in [0.2, 0.25) is 5.88 Å². The Morgan fingerprint density at radius 3 is 2.29 bits per heavy atom. The van der Waals surface area contributed by atoms with E-state index in [0.717, 1.165) is 17.4 Å². The van der Waals surface area contributed by atoms with Crippen LogP contribution in [0.4, 0.5) is 23.8 Å². The SMILES string of the molecule is COc1ccc(CCNC(=O)Oc2ccc(N3CCN(C(=O)c4ccccc4C(F)(F)F)CC3)nn2)cc1. The lowest BCUT2D eigenvalue weighted by atomic mass is 10.1. The molecule has 0 radical (unpaired) electrons. The van der Waals surface area contributed by atoms with Crippen molar-refractivity contribution in [1.29, 1.82) is 0 Å². The van der Waals surface area contributed by atoms with Gasteiger partial charge in [-0.05, 0) is 42.3 Å². The highest BCUT2D eigenvalue weighted by molar-refractivity contribution is 5.96. The summed E-state index contributed by atoms with van der Waals surface area (Å²) in [6.45, 7) is 1.54. The number of hydrogen-bond donors (Lipinski definition) is 1. The third kappa shape index (κ3) is 6.69. The van der Waals surface area contributed by atoms with Gasteiger partial charge in [-0.25, -0.2) is 4.79 Å². The summed E-state index contributed by atoms with van der Waals surface area (Å²) in [6.07, 6.45) is -4.66. The van der Waals surface area contributed by atoms with Crippen LogP contribution in [0.15, 0.2) is 60.7 Å². The second-order valence-electron chi connectivity index (χ2n) is 8.47. The van der Waals surface area contributed by atoms with Gasteiger partial charge in [0.25, 0.3) is 5.91 Å². The minimum absolute atomic E-state index is 0.0215. The quantitative estimate of drug-likeness (QED) is 0.497. The van der Waals surface area contributed by atoms with E-state index in [-0.39, 0.29) is 24.5 Å². The smallest absolute Gasteiger partial charge is 0.417 e. The molecule has 0 bridgehead atoms. The van der Waals surface area contributed by atoms with Gasteiger partial charge in [-0.2, -0.15) is 13.2 Å². The van der Waals surface area contributed by atoms with Gasteiger partial charge in [0.1, 0.15) is 5.75 Å². The topological polar surface area (TPSA) is 96.9 Å². The molecule has 0 saturated carbocycles. The fourth-order valence-corrected chi connectivity index (χ4v) is 3.99. The summed E-state index contributed by atoms with van der Waals surface area (Å²) in [5, 5.41) is 10.7. The molecule has 1 aliphatic heterocycles. The Balaban J connectivity index is 1.24. The molecule has 2 amide bonds. The molecule has 4 rings (SSSR count). The van der Waals surface area contributed by atoms with Crippen molar-refractivity contribution in [2.24, 2.45) is 0 Å². The van der Waals surface area contributed by atoms with Gasteiger partial charge < -0.3 is 24.6 Å². The van der Waals surface area contributed by atoms with Gasteiger partial charge in [-0.15, -0.1) is 10.2 Å². The van der Waals surface area contributed by atoms with Crippen LogP contribution in [0.3, 0.4) is 0 Å². The van der Waals surface area contributed by atoms with Gasteiger partial charge in [0, 0.05) is 38.8 Å². The van der Waals surface area contributed by atoms with Crippen molar-refractivity contribution in [3.63, 3.8) is 0 Å². The number of halogens is 3. The molecule has 9 nitrogen and oxygen atoms in total. The Morgan fingerprint density at radius 1 is 0.947 bits per heavy atom. The van der Waals surface area contributed by atoms with E-state index in [1.807, 2.05) is 29.2 Å². The number of alkyl halides is 3. The number of nitrogens with zero attached hydrogens (tertiary/aromatic N) is 4. The Morgan fingerprint density at radius 2 is 1.66 bits per heavy atom. The molecule has 0 aliphatic carbocycles. The molecule has 0 spiro atoms. The molecule has 12 heteroatoms. The van der Waals surface area contributed by atoms with Crippen molar-refractivity contribution < 1.29 is 32.2 Å². The zero-order chi connectivity index (χ0) is 27.1. The maximum absolute atomic E-state index is 13.3. The van der Waals surface area contributed by atoms with Crippen molar-refractivity contribution in [2.75, 3.05) is 44.7 Å². The second kappa shape index (κ2) is 11.8. The summed E-state index contributed by atoms with van der Waals surface area (Å²) in [6, 6.07) is 15.4. The van der Waals surface area contributed by atoms with Crippen molar-refractivity contribution >= 4 is 17.8 Å². The number of amides is 2. The Kier molecular flexibility index (Phi) is 8.29. The molecule has 1 N–H and O–H groups in total. The minimum atomic E-state index is -4.61. The van der Waals surface area contributed by atoms with E-state index < -0.39 is 23.7 Å². The summed E-state index contributed by atoms with van der Waals surface area (Å²) in [5.74, 6) is 0.615. The number of piperazine rings is 1. The van der Waals surface area contributed by atoms with Gasteiger partial charge in [0.15, 0.2) is 5.82 Å². The van der Waals surface area contributed by atoms with Crippen LogP contribution in [-0.4, -0.2) is 66.9 Å². The predicted octanol–water partition coefficient (Wildman–Crippen LogP) is 3.80. The molecular weight excluding hydrogens is 503 g/mol. The number of carbonyl (C=O) groups excluding carboxylic acids is 2. The number of methoxy groups -OCH3 is 1. The number of benzene rings is 2. The maximum atomic E-state index is 13.3. The highest BCUT2D eigenvalue weighted by Gasteiger charge is 2.36. The highest BCUT2D eigenvalue weighted by Crippen LogP contribution is 2.32. The fraction of sp³-hybridized carbons (Fsp3) is 0.308. The standard InChI is InChI=1S/C26H26F3N5O4/c1-37-19-8-6-18(7-9-19)12-13-30-25(36)38-23-11-10-22(31-32-23)33-14-16-34(17-15-33)24(35)20-4-2-3-5-21(20)26(27,28)29/h2-11H,12-17H2,1H3,(H,30,36). The fourth-order valence-electron chi connectivity index (χ4n) is 3.99. The highest BCUT2D eigenvalue weighted by atomic mass is 19.4. The van der Waals surface area contributed by atoms with E-state index in [1.165, 1.54) is 29.2 Å². The van der Waals surface area contributed by atoms with E-state index in [2.05, 4.69) is 15.5 Å². The Hall–Kier alpha value is -4.35. The van der Waals surface area contributed by atoms with Crippen LogP contribution in [0, 0.1) is 0 Å². The Labute approximate surface area is 217 Å². The van der Waals surface area contributed by atoms with Crippen LogP contribution in [0.5, 0.6) is 11.6 Å². The first-order valence-electron chi connectivity index (χ1n) is 11.9. The first-order valence-corrected chi connectivity index (χ1v) is 11.9. The van der Waals surface area contributed by atoms with E-state index in [1.54, 1.807) is 13.2 Å². The summed E-state index contributed by atoms with van der Waals surface area (Å²) in [7, 11) is 1.59. The molecule has 3 aromatic rings. The van der Waals surface area contributed by atoms with Gasteiger partial charge in [-0.1, -0.05) is 24.3 Å². The molecule has 2 aromatic carbocycles. The summed E-state index contributed by atoms with van der Waals surface area (Å²) in [4.78, 5) is 28.1. The van der Waals surface area contributed by atoms with Crippen LogP contribution in [-0.2, 0) is 12.6 Å². The molecule has 200 valence electrons. The van der Waals surface area contributed by atoms with Gasteiger partial charge in [0.05, 0.1) is 18.2 Å². The third-order valence-electron chi connectivity index (χ3n) is 6.02. The lowest BCUT2D eigenvalue weighted by Crippen LogP contribution is -2.49. The third-order valence-corrected chi connectivity index (χ3v) is 6.02. The molecule has 1 aliphatic rings. The molecule has 1 fully saturated rings. The van der Waals surface area contributed by atoms with E-state index in [0.29, 0.717) is 31.9 Å². The second-order valence-corrected chi connectivity index (χ2v) is 8.47. The monoisotopic (exact) mass is 529 g/mol. The maximum Gasteiger partial charge on any atom is 0.417 e. The summed E-state index contributed by atoms with van der Waals surface area (Å²) in [5.41, 5.74) is -0.280. The average Bonchev–Trinajstić information content (AvgIpc) is 2.93. The number of anilines is 1. The van der Waals surface area contributed by atoms with Crippen LogP contribution in [0.2, 0.25) is 0 Å². The van der Waals surface area contributed by atoms with Gasteiger partial charge in [-0.3, -0.25) is 4.79 Å². The number of ether oxygens (including phenoxy) is 2. The lowest BCUT2D eigenvalue weighted by molar-refractivity contribution is -0.138. The number of hydrogen-bond acceptors (Lipinski definition) is 7. The summed E-state index contributed by atoms with van der Waals surface area (Å²) < 4.78 is 50.2. The molecule has 0 atom stereocenters. The van der Waals surface area contributed by atoms with Crippen LogP contribution in [0.1, 0.15) is 21.5 Å². The molecule has 2 heterocycles. The Bertz CT molecular complexity index is 1240. The lowest BCUT2D eigenvalue weighted by Gasteiger charge is -2.35. The van der Waals surface area contributed by atoms with Crippen molar-refractivity contribution in [1.82, 2.24) is 20.4 Å². The largest absolute Gasteiger partial charge is 0.497 e. The number of rotatable bonds is 7. The van der Waals surface area contributed by atoms with Crippen LogP contribution >= 0.6 is 0 Å². The number of aromatic nitrogens is 2. The number of nitrogens with one attached hydrogen (secondary N) is 1. The van der Waals surface area contributed by atoms with Crippen LogP contribution < -0.4 is 19.7 Å². The predicted molar refractivity (Wildman–Crippen MR) is 132 cm³/mol. The van der Waals surface area contributed by atoms with E-state index in [9.17, 15) is 22.8 Å². The normalized spacial score (nSPS) is 13.7. The van der Waals surface area contributed by atoms with Gasteiger partial charge >= 0.3 is 12.3 Å². The average molecular weight is 530 g/mol. The van der Waals surface area contributed by atoms with Crippen LogP contribution in [0.25, 0.3) is 0 Å². The van der Waals surface area contributed by atoms with Crippen molar-refractivity contribution in [2.45, 2.75) is 12.6 Å². The van der Waals surface area contributed by atoms with Crippen molar-refractivity contribution in [3.05, 3.63) is 77.4 Å². The molecular formula is C26H26F3N5O4. The minimum Gasteiger partial charge on any atom is -0.497 e. The first-order chi connectivity index (χ1) is 18.2. The van der Waals surface area contributed by atoms with Crippen molar-refractivity contribution in [3.8, 4) is 11.6 Å². The molecule has 1 saturated heterocycles. The summed E-state index contributed by atoms with van der Waals surface area (Å²) >= 11 is 0. The molecule has 0 unspecified atom stereocenters.